The van der Waals surface area contributed by atoms with E-state index in [1.807, 2.05) is 6.07 Å². The molecule has 1 aliphatic rings. The van der Waals surface area contributed by atoms with Crippen LogP contribution < -0.4 is 10.1 Å². The van der Waals surface area contributed by atoms with Crippen LogP contribution in [0.3, 0.4) is 0 Å². The van der Waals surface area contributed by atoms with Gasteiger partial charge in [0, 0.05) is 11.6 Å². The summed E-state index contributed by atoms with van der Waals surface area (Å²) in [6.07, 6.45) is 5.70. The first-order valence-corrected chi connectivity index (χ1v) is 7.84. The van der Waals surface area contributed by atoms with Crippen molar-refractivity contribution in [2.45, 2.75) is 38.6 Å². The van der Waals surface area contributed by atoms with E-state index in [1.165, 1.54) is 25.7 Å². The second-order valence-corrected chi connectivity index (χ2v) is 5.94. The average molecular weight is 314 g/mol. The van der Waals surface area contributed by atoms with Gasteiger partial charge in [-0.15, -0.1) is 0 Å². The predicted molar refractivity (Wildman–Crippen MR) is 87.8 cm³/mol. The molecule has 2 rings (SSSR count). The molecule has 1 saturated carbocycles. The first-order valence-electron chi connectivity index (χ1n) is 7.84. The molecule has 0 bridgehead atoms. The van der Waals surface area contributed by atoms with Crippen LogP contribution in [-0.4, -0.2) is 24.2 Å². The van der Waals surface area contributed by atoms with Gasteiger partial charge in [-0.05, 0) is 43.0 Å². The number of phenols is 1. The Morgan fingerprint density at radius 1 is 1.43 bits per heavy atom. The van der Waals surface area contributed by atoms with Crippen molar-refractivity contribution in [1.82, 2.24) is 5.32 Å². The molecular formula is C18H22N2O3. The zero-order chi connectivity index (χ0) is 16.8. The van der Waals surface area contributed by atoms with Gasteiger partial charge in [0.1, 0.15) is 23.1 Å². The van der Waals surface area contributed by atoms with Crippen molar-refractivity contribution >= 4 is 12.0 Å². The van der Waals surface area contributed by atoms with Crippen LogP contribution in [0.5, 0.6) is 11.5 Å². The Morgan fingerprint density at radius 3 is 2.83 bits per heavy atom. The second-order valence-electron chi connectivity index (χ2n) is 5.94. The summed E-state index contributed by atoms with van der Waals surface area (Å²) in [4.78, 5) is 12.3. The van der Waals surface area contributed by atoms with Crippen molar-refractivity contribution in [3.05, 3.63) is 29.3 Å². The fourth-order valence-corrected chi connectivity index (χ4v) is 2.86. The monoisotopic (exact) mass is 314 g/mol. The summed E-state index contributed by atoms with van der Waals surface area (Å²) in [6, 6.07) is 6.69. The number of amides is 1. The standard InChI is InChI=1S/C18H22N2O3/c1-12-5-3-4-6-16(12)20-18(22)14(11-19)9-13-10-15(23-2)7-8-17(13)21/h7-10,12,16,21H,3-6H2,1-2H3,(H,20,22)/b14-9+. The van der Waals surface area contributed by atoms with Gasteiger partial charge in [0.2, 0.25) is 0 Å². The normalized spacial score (nSPS) is 21.3. The minimum Gasteiger partial charge on any atom is -0.507 e. The van der Waals surface area contributed by atoms with E-state index in [4.69, 9.17) is 4.74 Å². The summed E-state index contributed by atoms with van der Waals surface area (Å²) in [5.41, 5.74) is 0.360. The number of rotatable bonds is 4. The van der Waals surface area contributed by atoms with Gasteiger partial charge >= 0.3 is 0 Å². The molecule has 0 radical (unpaired) electrons. The maximum absolute atomic E-state index is 12.3. The van der Waals surface area contributed by atoms with Crippen LogP contribution >= 0.6 is 0 Å². The maximum atomic E-state index is 12.3. The van der Waals surface area contributed by atoms with E-state index in [9.17, 15) is 15.2 Å². The molecule has 0 aromatic heterocycles. The number of phenolic OH excluding ortho intramolecular Hbond substituents is 1. The van der Waals surface area contributed by atoms with E-state index in [0.717, 1.165) is 19.3 Å². The number of nitrogens with zero attached hydrogens (tertiary/aromatic N) is 1. The highest BCUT2D eigenvalue weighted by molar-refractivity contribution is 6.02. The lowest BCUT2D eigenvalue weighted by molar-refractivity contribution is -0.118. The third-order valence-electron chi connectivity index (χ3n) is 4.33. The molecule has 2 unspecified atom stereocenters. The number of methoxy groups -OCH3 is 1. The van der Waals surface area contributed by atoms with Crippen molar-refractivity contribution in [2.24, 2.45) is 5.92 Å². The Kier molecular flexibility index (Phi) is 5.64. The minimum absolute atomic E-state index is 0.00242. The first kappa shape index (κ1) is 16.9. The Labute approximate surface area is 136 Å². The number of nitriles is 1. The van der Waals surface area contributed by atoms with Crippen LogP contribution in [0.25, 0.3) is 6.08 Å². The second kappa shape index (κ2) is 7.68. The van der Waals surface area contributed by atoms with E-state index in [0.29, 0.717) is 17.2 Å². The van der Waals surface area contributed by atoms with Gasteiger partial charge in [0.15, 0.2) is 0 Å². The van der Waals surface area contributed by atoms with E-state index in [2.05, 4.69) is 12.2 Å². The SMILES string of the molecule is COc1ccc(O)c(/C=C(\C#N)C(=O)NC2CCCCC2C)c1. The van der Waals surface area contributed by atoms with Gasteiger partial charge in [-0.3, -0.25) is 4.79 Å². The topological polar surface area (TPSA) is 82.3 Å². The average Bonchev–Trinajstić information content (AvgIpc) is 2.56. The Morgan fingerprint density at radius 2 is 2.17 bits per heavy atom. The van der Waals surface area contributed by atoms with Crippen LogP contribution in [0.1, 0.15) is 38.2 Å². The number of nitrogens with one attached hydrogen (secondary N) is 1. The molecule has 5 heteroatoms. The summed E-state index contributed by atoms with van der Waals surface area (Å²) in [5.74, 6) is 0.566. The van der Waals surface area contributed by atoms with Crippen molar-refractivity contribution < 1.29 is 14.6 Å². The molecular weight excluding hydrogens is 292 g/mol. The highest BCUT2D eigenvalue weighted by Gasteiger charge is 2.24. The Balaban J connectivity index is 2.18. The lowest BCUT2D eigenvalue weighted by atomic mass is 9.86. The number of hydrogen-bond acceptors (Lipinski definition) is 4. The number of aromatic hydroxyl groups is 1. The zero-order valence-corrected chi connectivity index (χ0v) is 13.5. The summed E-state index contributed by atoms with van der Waals surface area (Å²) in [5, 5.41) is 22.1. The number of benzene rings is 1. The fourth-order valence-electron chi connectivity index (χ4n) is 2.86. The fraction of sp³-hybridized carbons (Fsp3) is 0.444. The van der Waals surface area contributed by atoms with Gasteiger partial charge in [0.05, 0.1) is 7.11 Å². The van der Waals surface area contributed by atoms with Crippen LogP contribution in [0.15, 0.2) is 23.8 Å². The van der Waals surface area contributed by atoms with E-state index in [1.54, 1.807) is 12.1 Å². The van der Waals surface area contributed by atoms with Crippen LogP contribution in [0.4, 0.5) is 0 Å². The molecule has 122 valence electrons. The van der Waals surface area contributed by atoms with Crippen LogP contribution in [0, 0.1) is 17.2 Å². The van der Waals surface area contributed by atoms with E-state index >= 15 is 0 Å². The quantitative estimate of drug-likeness (QED) is 0.661. The van der Waals surface area contributed by atoms with Gasteiger partial charge in [-0.1, -0.05) is 19.8 Å². The minimum atomic E-state index is -0.395. The summed E-state index contributed by atoms with van der Waals surface area (Å²) in [6.45, 7) is 2.12. The molecule has 5 nitrogen and oxygen atoms in total. The lowest BCUT2D eigenvalue weighted by Crippen LogP contribution is -2.41. The highest BCUT2D eigenvalue weighted by Crippen LogP contribution is 2.26. The zero-order valence-electron chi connectivity index (χ0n) is 13.5. The van der Waals surface area contributed by atoms with Crippen molar-refractivity contribution in [1.29, 1.82) is 5.26 Å². The molecule has 2 atom stereocenters. The molecule has 1 amide bonds. The molecule has 0 aliphatic heterocycles. The molecule has 23 heavy (non-hydrogen) atoms. The molecule has 0 heterocycles. The van der Waals surface area contributed by atoms with E-state index in [-0.39, 0.29) is 17.4 Å². The smallest absolute Gasteiger partial charge is 0.262 e. The van der Waals surface area contributed by atoms with Gasteiger partial charge < -0.3 is 15.2 Å². The summed E-state index contributed by atoms with van der Waals surface area (Å²) in [7, 11) is 1.52. The van der Waals surface area contributed by atoms with Gasteiger partial charge in [-0.2, -0.15) is 5.26 Å². The highest BCUT2D eigenvalue weighted by atomic mass is 16.5. The Bertz CT molecular complexity index is 646. The lowest BCUT2D eigenvalue weighted by Gasteiger charge is -2.29. The summed E-state index contributed by atoms with van der Waals surface area (Å²) < 4.78 is 5.10. The Hall–Kier alpha value is -2.48. The first-order chi connectivity index (χ1) is 11.0. The predicted octanol–water partition coefficient (Wildman–Crippen LogP) is 3.00. The van der Waals surface area contributed by atoms with Crippen LogP contribution in [-0.2, 0) is 4.79 Å². The van der Waals surface area contributed by atoms with Crippen molar-refractivity contribution in [2.75, 3.05) is 7.11 Å². The molecule has 1 aliphatic carbocycles. The van der Waals surface area contributed by atoms with Gasteiger partial charge in [-0.25, -0.2) is 0 Å². The number of hydrogen-bond donors (Lipinski definition) is 2. The third kappa shape index (κ3) is 4.26. The molecule has 1 aromatic rings. The molecule has 0 spiro atoms. The third-order valence-corrected chi connectivity index (χ3v) is 4.33. The maximum Gasteiger partial charge on any atom is 0.262 e. The van der Waals surface area contributed by atoms with Gasteiger partial charge in [0.25, 0.3) is 5.91 Å². The van der Waals surface area contributed by atoms with Crippen molar-refractivity contribution in [3.63, 3.8) is 0 Å². The number of carbonyl (C=O) groups excluding carboxylic acids is 1. The number of ether oxygens (including phenoxy) is 1. The molecule has 1 fully saturated rings. The van der Waals surface area contributed by atoms with Crippen LogP contribution in [0.2, 0.25) is 0 Å². The summed E-state index contributed by atoms with van der Waals surface area (Å²) >= 11 is 0. The van der Waals surface area contributed by atoms with E-state index < -0.39 is 5.91 Å². The largest absolute Gasteiger partial charge is 0.507 e. The molecule has 2 N–H and O–H groups in total. The molecule has 0 saturated heterocycles. The number of carbonyl (C=O) groups is 1. The van der Waals surface area contributed by atoms with Crippen molar-refractivity contribution in [3.8, 4) is 17.6 Å². The molecule has 1 aromatic carbocycles.